The van der Waals surface area contributed by atoms with E-state index in [2.05, 4.69) is 0 Å². The number of hydrogen-bond acceptors (Lipinski definition) is 5. The number of Topliss-reactive ketones (excluding diaryl/α,β-unsaturated/α-hetero) is 1. The fraction of sp³-hybridized carbons (Fsp3) is 0.300. The Morgan fingerprint density at radius 1 is 1.00 bits per heavy atom. The Kier molecular flexibility index (Phi) is 5.80. The zero-order valence-corrected chi connectivity index (χ0v) is 15.0. The van der Waals surface area contributed by atoms with Crippen molar-refractivity contribution in [3.8, 4) is 5.75 Å². The number of benzene rings is 2. The zero-order chi connectivity index (χ0) is 18.4. The lowest BCUT2D eigenvalue weighted by Gasteiger charge is -2.41. The molecule has 0 saturated heterocycles. The molecule has 5 nitrogen and oxygen atoms in total. The van der Waals surface area contributed by atoms with E-state index in [1.165, 1.54) is 14.0 Å². The summed E-state index contributed by atoms with van der Waals surface area (Å²) >= 11 is 0. The van der Waals surface area contributed by atoms with Crippen molar-refractivity contribution in [1.29, 1.82) is 0 Å². The summed E-state index contributed by atoms with van der Waals surface area (Å²) in [5, 5.41) is 0. The number of ketones is 1. The molecule has 0 bridgehead atoms. The van der Waals surface area contributed by atoms with Gasteiger partial charge >= 0.3 is 5.97 Å². The Morgan fingerprint density at radius 2 is 1.60 bits per heavy atom. The van der Waals surface area contributed by atoms with Gasteiger partial charge in [0.2, 0.25) is 5.54 Å². The molecule has 2 rings (SSSR count). The smallest absolute Gasteiger partial charge is 0.344 e. The van der Waals surface area contributed by atoms with E-state index in [4.69, 9.17) is 9.47 Å². The van der Waals surface area contributed by atoms with Gasteiger partial charge in [-0.05, 0) is 43.7 Å². The van der Waals surface area contributed by atoms with E-state index in [9.17, 15) is 9.59 Å². The van der Waals surface area contributed by atoms with Crippen LogP contribution in [-0.4, -0.2) is 32.5 Å². The molecule has 1 unspecified atom stereocenters. The molecule has 5 heteroatoms. The maximum atomic E-state index is 12.9. The summed E-state index contributed by atoms with van der Waals surface area (Å²) in [5.41, 5.74) is -0.237. The number of carbonyl (C=O) groups excluding carboxylic acids is 2. The van der Waals surface area contributed by atoms with Crippen LogP contribution in [-0.2, 0) is 19.9 Å². The highest BCUT2D eigenvalue weighted by Gasteiger charge is 2.51. The molecule has 0 fully saturated rings. The van der Waals surface area contributed by atoms with E-state index in [-0.39, 0.29) is 5.78 Å². The molecule has 2 aromatic carbocycles. The minimum absolute atomic E-state index is 0.303. The average molecular weight is 341 g/mol. The third-order valence-corrected chi connectivity index (χ3v) is 4.29. The first-order valence-corrected chi connectivity index (χ1v) is 8.09. The molecule has 2 aromatic rings. The van der Waals surface area contributed by atoms with Gasteiger partial charge in [-0.1, -0.05) is 30.3 Å². The van der Waals surface area contributed by atoms with Gasteiger partial charge < -0.3 is 14.4 Å². The molecule has 0 aliphatic rings. The summed E-state index contributed by atoms with van der Waals surface area (Å²) in [6.07, 6.45) is 0. The quantitative estimate of drug-likeness (QED) is 0.572. The highest BCUT2D eigenvalue weighted by Crippen LogP contribution is 2.36. The van der Waals surface area contributed by atoms with Crippen LogP contribution in [0.1, 0.15) is 19.4 Å². The molecule has 25 heavy (non-hydrogen) atoms. The van der Waals surface area contributed by atoms with Crippen LogP contribution in [0.15, 0.2) is 54.6 Å². The van der Waals surface area contributed by atoms with Gasteiger partial charge in [0, 0.05) is 12.2 Å². The number of anilines is 1. The fourth-order valence-corrected chi connectivity index (χ4v) is 3.12. The number of esters is 1. The predicted octanol–water partition coefficient (Wildman–Crippen LogP) is 3.18. The van der Waals surface area contributed by atoms with Crippen LogP contribution < -0.4 is 9.64 Å². The lowest BCUT2D eigenvalue weighted by atomic mass is 9.83. The number of carbonyl (C=O) groups is 2. The maximum Gasteiger partial charge on any atom is 0.344 e. The number of methoxy groups -OCH3 is 2. The number of rotatable bonds is 7. The standard InChI is InChI=1S/C20H23NO4/c1-5-21(17-11-13-18(24-3)14-12-17)20(15(2)22,19(23)25-4)16-9-7-6-8-10-16/h6-14H,5H2,1-4H3. The first kappa shape index (κ1) is 18.5. The van der Waals surface area contributed by atoms with Crippen molar-refractivity contribution < 1.29 is 19.1 Å². The molecule has 132 valence electrons. The molecule has 0 N–H and O–H groups in total. The van der Waals surface area contributed by atoms with Crippen LogP contribution >= 0.6 is 0 Å². The second kappa shape index (κ2) is 7.83. The van der Waals surface area contributed by atoms with Crippen LogP contribution in [0.3, 0.4) is 0 Å². The van der Waals surface area contributed by atoms with Crippen molar-refractivity contribution >= 4 is 17.4 Å². The first-order valence-electron chi connectivity index (χ1n) is 8.09. The number of nitrogens with zero attached hydrogens (tertiary/aromatic N) is 1. The zero-order valence-electron chi connectivity index (χ0n) is 15.0. The minimum atomic E-state index is -1.54. The van der Waals surface area contributed by atoms with Crippen LogP contribution in [0.25, 0.3) is 0 Å². The van der Waals surface area contributed by atoms with Gasteiger partial charge in [0.05, 0.1) is 14.2 Å². The van der Waals surface area contributed by atoms with E-state index >= 15 is 0 Å². The molecule has 1 atom stereocenters. The lowest BCUT2D eigenvalue weighted by Crippen LogP contribution is -2.57. The van der Waals surface area contributed by atoms with E-state index in [0.717, 1.165) is 5.69 Å². The summed E-state index contributed by atoms with van der Waals surface area (Å²) in [5.74, 6) is -0.210. The van der Waals surface area contributed by atoms with Gasteiger partial charge in [-0.25, -0.2) is 4.79 Å². The van der Waals surface area contributed by atoms with Gasteiger partial charge in [0.1, 0.15) is 5.75 Å². The number of hydrogen-bond donors (Lipinski definition) is 0. The highest BCUT2D eigenvalue weighted by molar-refractivity contribution is 6.11. The third kappa shape index (κ3) is 3.22. The molecule has 0 saturated carbocycles. The first-order chi connectivity index (χ1) is 12.0. The number of ether oxygens (including phenoxy) is 2. The molecular formula is C20H23NO4. The van der Waals surface area contributed by atoms with Gasteiger partial charge in [-0.3, -0.25) is 4.79 Å². The SMILES string of the molecule is CCN(c1ccc(OC)cc1)C(C(C)=O)(C(=O)OC)c1ccccc1. The Hall–Kier alpha value is -2.82. The summed E-state index contributed by atoms with van der Waals surface area (Å²) < 4.78 is 10.2. The highest BCUT2D eigenvalue weighted by atomic mass is 16.5. The monoisotopic (exact) mass is 341 g/mol. The van der Waals surface area contributed by atoms with Crippen molar-refractivity contribution in [2.75, 3.05) is 25.7 Å². The van der Waals surface area contributed by atoms with Crippen molar-refractivity contribution in [3.05, 3.63) is 60.2 Å². The molecule has 0 aromatic heterocycles. The molecule has 0 radical (unpaired) electrons. The molecular weight excluding hydrogens is 318 g/mol. The van der Waals surface area contributed by atoms with Crippen LogP contribution in [0.2, 0.25) is 0 Å². The van der Waals surface area contributed by atoms with Crippen LogP contribution in [0, 0.1) is 0 Å². The summed E-state index contributed by atoms with van der Waals surface area (Å²) in [6.45, 7) is 3.75. The molecule has 0 amide bonds. The van der Waals surface area contributed by atoms with Crippen molar-refractivity contribution in [1.82, 2.24) is 0 Å². The summed E-state index contributed by atoms with van der Waals surface area (Å²) in [6, 6.07) is 16.2. The Bertz CT molecular complexity index is 727. The van der Waals surface area contributed by atoms with Gasteiger partial charge in [0.25, 0.3) is 0 Å². The van der Waals surface area contributed by atoms with Gasteiger partial charge in [0.15, 0.2) is 5.78 Å². The minimum Gasteiger partial charge on any atom is -0.497 e. The van der Waals surface area contributed by atoms with E-state index in [0.29, 0.717) is 17.9 Å². The second-order valence-electron chi connectivity index (χ2n) is 5.57. The van der Waals surface area contributed by atoms with E-state index in [1.54, 1.807) is 48.4 Å². The topological polar surface area (TPSA) is 55.8 Å². The van der Waals surface area contributed by atoms with E-state index < -0.39 is 11.5 Å². The average Bonchev–Trinajstić information content (AvgIpc) is 2.66. The molecule has 0 aliphatic carbocycles. The summed E-state index contributed by atoms with van der Waals surface area (Å²) in [7, 11) is 2.88. The maximum absolute atomic E-state index is 12.9. The Morgan fingerprint density at radius 3 is 2.04 bits per heavy atom. The van der Waals surface area contributed by atoms with Crippen LogP contribution in [0.5, 0.6) is 5.75 Å². The van der Waals surface area contributed by atoms with Gasteiger partial charge in [-0.15, -0.1) is 0 Å². The van der Waals surface area contributed by atoms with Crippen molar-refractivity contribution in [3.63, 3.8) is 0 Å². The fourth-order valence-electron chi connectivity index (χ4n) is 3.12. The molecule has 0 heterocycles. The largest absolute Gasteiger partial charge is 0.497 e. The van der Waals surface area contributed by atoms with Gasteiger partial charge in [-0.2, -0.15) is 0 Å². The van der Waals surface area contributed by atoms with Crippen molar-refractivity contribution in [2.45, 2.75) is 19.4 Å². The van der Waals surface area contributed by atoms with E-state index in [1.807, 2.05) is 25.1 Å². The Balaban J connectivity index is 2.70. The normalized spacial score (nSPS) is 12.8. The number of likely N-dealkylation sites (N-methyl/N-ethyl adjacent to an activating group) is 1. The Labute approximate surface area is 148 Å². The van der Waals surface area contributed by atoms with Crippen LogP contribution in [0.4, 0.5) is 5.69 Å². The van der Waals surface area contributed by atoms with Crippen molar-refractivity contribution in [2.24, 2.45) is 0 Å². The molecule has 0 aliphatic heterocycles. The third-order valence-electron chi connectivity index (χ3n) is 4.29. The second-order valence-corrected chi connectivity index (χ2v) is 5.57. The summed E-state index contributed by atoms with van der Waals surface area (Å²) in [4.78, 5) is 27.4. The molecule has 0 spiro atoms. The predicted molar refractivity (Wildman–Crippen MR) is 96.8 cm³/mol. The lowest BCUT2D eigenvalue weighted by molar-refractivity contribution is -0.151.